The number of hydrogen-bond acceptors (Lipinski definition) is 5. The first-order valence-electron chi connectivity index (χ1n) is 13.5. The quantitative estimate of drug-likeness (QED) is 0.235. The Morgan fingerprint density at radius 1 is 1.05 bits per heavy atom. The minimum Gasteiger partial charge on any atom is -0.507 e. The summed E-state index contributed by atoms with van der Waals surface area (Å²) < 4.78 is 11.3. The van der Waals surface area contributed by atoms with Gasteiger partial charge in [0.1, 0.15) is 28.6 Å². The topological polar surface area (TPSA) is 87.7 Å². The SMILES string of the molecule is CCCCOc1cccc(C2c3c(-c4cc(C)cc(C)c4O)n[nH]c3C(=O)N2CCc2ccc(OC)cc2)c1. The fourth-order valence-electron chi connectivity index (χ4n) is 5.27. The van der Waals surface area contributed by atoms with Crippen molar-refractivity contribution in [1.82, 2.24) is 15.1 Å². The summed E-state index contributed by atoms with van der Waals surface area (Å²) in [6, 6.07) is 19.4. The fourth-order valence-corrected chi connectivity index (χ4v) is 5.27. The number of phenolic OH excluding ortho intramolecular Hbond substituents is 1. The van der Waals surface area contributed by atoms with Gasteiger partial charge in [-0.05, 0) is 79.3 Å². The molecule has 2 N–H and O–H groups in total. The van der Waals surface area contributed by atoms with Gasteiger partial charge in [-0.3, -0.25) is 9.89 Å². The summed E-state index contributed by atoms with van der Waals surface area (Å²) in [6.07, 6.45) is 2.71. The molecule has 7 nitrogen and oxygen atoms in total. The molecule has 1 unspecified atom stereocenters. The van der Waals surface area contributed by atoms with E-state index in [4.69, 9.17) is 9.47 Å². The van der Waals surface area contributed by atoms with Gasteiger partial charge in [0.15, 0.2) is 0 Å². The van der Waals surface area contributed by atoms with Gasteiger partial charge in [-0.2, -0.15) is 5.10 Å². The number of phenols is 1. The number of H-pyrrole nitrogens is 1. The number of benzene rings is 3. The van der Waals surface area contributed by atoms with Crippen molar-refractivity contribution in [3.05, 3.63) is 94.2 Å². The molecular formula is C32H35N3O4. The van der Waals surface area contributed by atoms with Crippen LogP contribution in [-0.4, -0.2) is 46.4 Å². The third kappa shape index (κ3) is 5.21. The molecule has 2 heterocycles. The molecule has 39 heavy (non-hydrogen) atoms. The van der Waals surface area contributed by atoms with Crippen molar-refractivity contribution < 1.29 is 19.4 Å². The molecule has 3 aromatic carbocycles. The number of carbonyl (C=O) groups excluding carboxylic acids is 1. The molecule has 0 fully saturated rings. The van der Waals surface area contributed by atoms with E-state index in [1.807, 2.05) is 79.4 Å². The van der Waals surface area contributed by atoms with E-state index in [1.54, 1.807) is 7.11 Å². The maximum Gasteiger partial charge on any atom is 0.273 e. The van der Waals surface area contributed by atoms with Gasteiger partial charge >= 0.3 is 0 Å². The summed E-state index contributed by atoms with van der Waals surface area (Å²) in [5.74, 6) is 1.64. The van der Waals surface area contributed by atoms with Crippen LogP contribution in [0.2, 0.25) is 0 Å². The van der Waals surface area contributed by atoms with Crippen molar-refractivity contribution in [2.75, 3.05) is 20.3 Å². The third-order valence-corrected chi connectivity index (χ3v) is 7.30. The Hall–Kier alpha value is -4.26. The Balaban J connectivity index is 1.56. The van der Waals surface area contributed by atoms with Crippen molar-refractivity contribution in [2.45, 2.75) is 46.1 Å². The lowest BCUT2D eigenvalue weighted by Crippen LogP contribution is -2.31. The number of rotatable bonds is 10. The lowest BCUT2D eigenvalue weighted by molar-refractivity contribution is 0.0745. The first-order chi connectivity index (χ1) is 18.9. The zero-order valence-corrected chi connectivity index (χ0v) is 23.0. The van der Waals surface area contributed by atoms with Crippen LogP contribution in [0.15, 0.2) is 60.7 Å². The number of amides is 1. The minimum atomic E-state index is -0.380. The van der Waals surface area contributed by atoms with Crippen molar-refractivity contribution >= 4 is 5.91 Å². The van der Waals surface area contributed by atoms with Crippen molar-refractivity contribution in [2.24, 2.45) is 0 Å². The van der Waals surface area contributed by atoms with E-state index in [1.165, 1.54) is 0 Å². The van der Waals surface area contributed by atoms with E-state index in [2.05, 4.69) is 17.1 Å². The average Bonchev–Trinajstić information content (AvgIpc) is 3.48. The van der Waals surface area contributed by atoms with Gasteiger partial charge in [0, 0.05) is 17.7 Å². The number of ether oxygens (including phenoxy) is 2. The summed E-state index contributed by atoms with van der Waals surface area (Å²) in [6.45, 7) is 7.15. The lowest BCUT2D eigenvalue weighted by Gasteiger charge is -2.27. The van der Waals surface area contributed by atoms with Crippen LogP contribution in [0.3, 0.4) is 0 Å². The molecule has 4 aromatic rings. The number of hydrogen-bond donors (Lipinski definition) is 2. The second kappa shape index (κ2) is 11.2. The Kier molecular flexibility index (Phi) is 7.59. The predicted octanol–water partition coefficient (Wildman–Crippen LogP) is 6.37. The van der Waals surface area contributed by atoms with Crippen LogP contribution in [0.25, 0.3) is 11.3 Å². The Morgan fingerprint density at radius 2 is 1.85 bits per heavy atom. The van der Waals surface area contributed by atoms with Gasteiger partial charge in [-0.25, -0.2) is 0 Å². The molecule has 1 atom stereocenters. The molecule has 0 saturated carbocycles. The Labute approximate surface area is 229 Å². The zero-order valence-electron chi connectivity index (χ0n) is 23.0. The number of fused-ring (bicyclic) bond motifs is 1. The number of aromatic nitrogens is 2. The summed E-state index contributed by atoms with van der Waals surface area (Å²) in [5, 5.41) is 18.5. The van der Waals surface area contributed by atoms with Gasteiger partial charge in [0.05, 0.1) is 19.8 Å². The van der Waals surface area contributed by atoms with Crippen molar-refractivity contribution in [3.63, 3.8) is 0 Å². The van der Waals surface area contributed by atoms with Gasteiger partial charge < -0.3 is 19.5 Å². The number of carbonyl (C=O) groups is 1. The average molecular weight is 526 g/mol. The van der Waals surface area contributed by atoms with Crippen LogP contribution in [0.5, 0.6) is 17.2 Å². The number of aryl methyl sites for hydroxylation is 2. The molecule has 0 aliphatic carbocycles. The molecule has 7 heteroatoms. The third-order valence-electron chi connectivity index (χ3n) is 7.30. The van der Waals surface area contributed by atoms with E-state index in [9.17, 15) is 9.90 Å². The van der Waals surface area contributed by atoms with Crippen LogP contribution in [0.4, 0.5) is 0 Å². The fraction of sp³-hybridized carbons (Fsp3) is 0.312. The molecular weight excluding hydrogens is 490 g/mol. The molecule has 1 aliphatic heterocycles. The largest absolute Gasteiger partial charge is 0.507 e. The molecule has 5 rings (SSSR count). The lowest BCUT2D eigenvalue weighted by atomic mass is 9.94. The van der Waals surface area contributed by atoms with E-state index in [-0.39, 0.29) is 17.7 Å². The van der Waals surface area contributed by atoms with Crippen LogP contribution >= 0.6 is 0 Å². The molecule has 0 saturated heterocycles. The molecule has 1 aromatic heterocycles. The van der Waals surface area contributed by atoms with Crippen LogP contribution in [-0.2, 0) is 6.42 Å². The first-order valence-corrected chi connectivity index (χ1v) is 13.5. The van der Waals surface area contributed by atoms with E-state index < -0.39 is 0 Å². The van der Waals surface area contributed by atoms with E-state index >= 15 is 0 Å². The smallest absolute Gasteiger partial charge is 0.273 e. The maximum absolute atomic E-state index is 13.8. The molecule has 1 aliphatic rings. The summed E-state index contributed by atoms with van der Waals surface area (Å²) >= 11 is 0. The number of methoxy groups -OCH3 is 1. The maximum atomic E-state index is 13.8. The van der Waals surface area contributed by atoms with Crippen LogP contribution in [0.1, 0.15) is 64.1 Å². The highest BCUT2D eigenvalue weighted by molar-refractivity contribution is 6.00. The zero-order chi connectivity index (χ0) is 27.5. The van der Waals surface area contributed by atoms with Gasteiger partial charge in [0.2, 0.25) is 0 Å². The van der Waals surface area contributed by atoms with E-state index in [0.29, 0.717) is 36.5 Å². The Bertz CT molecular complexity index is 1480. The van der Waals surface area contributed by atoms with Gasteiger partial charge in [-0.1, -0.05) is 43.7 Å². The number of unbranched alkanes of at least 4 members (excludes halogenated alkanes) is 1. The van der Waals surface area contributed by atoms with Crippen molar-refractivity contribution in [1.29, 1.82) is 0 Å². The molecule has 1 amide bonds. The number of nitrogens with one attached hydrogen (secondary N) is 1. The molecule has 0 spiro atoms. The summed E-state index contributed by atoms with van der Waals surface area (Å²) in [7, 11) is 1.65. The summed E-state index contributed by atoms with van der Waals surface area (Å²) in [5.41, 5.74) is 6.29. The van der Waals surface area contributed by atoms with Crippen LogP contribution in [0, 0.1) is 13.8 Å². The number of nitrogens with zero attached hydrogens (tertiary/aromatic N) is 2. The van der Waals surface area contributed by atoms with Crippen molar-refractivity contribution in [3.8, 4) is 28.5 Å². The highest BCUT2D eigenvalue weighted by atomic mass is 16.5. The highest BCUT2D eigenvalue weighted by Gasteiger charge is 2.42. The molecule has 0 bridgehead atoms. The number of aromatic hydroxyl groups is 1. The minimum absolute atomic E-state index is 0.108. The van der Waals surface area contributed by atoms with E-state index in [0.717, 1.165) is 52.2 Å². The molecule has 0 radical (unpaired) electrons. The monoisotopic (exact) mass is 525 g/mol. The number of aromatic amines is 1. The van der Waals surface area contributed by atoms with Gasteiger partial charge in [-0.15, -0.1) is 0 Å². The standard InChI is InChI=1S/C32H35N3O4/c1-5-6-16-39-25-9-7-8-23(19-25)30-27-28(26-18-20(2)17-21(3)31(26)36)33-34-29(27)32(37)35(30)15-14-22-10-12-24(38-4)13-11-22/h7-13,17-19,30,36H,5-6,14-16H2,1-4H3,(H,33,34). The Morgan fingerprint density at radius 3 is 2.59 bits per heavy atom. The predicted molar refractivity (Wildman–Crippen MR) is 152 cm³/mol. The summed E-state index contributed by atoms with van der Waals surface area (Å²) in [4.78, 5) is 15.7. The second-order valence-electron chi connectivity index (χ2n) is 10.1. The first kappa shape index (κ1) is 26.4. The van der Waals surface area contributed by atoms with Gasteiger partial charge in [0.25, 0.3) is 5.91 Å². The van der Waals surface area contributed by atoms with Crippen LogP contribution < -0.4 is 9.47 Å². The molecule has 202 valence electrons. The highest BCUT2D eigenvalue weighted by Crippen LogP contribution is 2.45. The normalized spacial score (nSPS) is 14.5. The second-order valence-corrected chi connectivity index (χ2v) is 10.1.